The van der Waals surface area contributed by atoms with E-state index in [2.05, 4.69) is 23.5 Å². The molecule has 1 aromatic carbocycles. The van der Waals surface area contributed by atoms with Gasteiger partial charge < -0.3 is 10.2 Å². The summed E-state index contributed by atoms with van der Waals surface area (Å²) in [7, 11) is 0. The lowest BCUT2D eigenvalue weighted by Crippen LogP contribution is -2.26. The number of hydrogen-bond donors (Lipinski definition) is 1. The van der Waals surface area contributed by atoms with E-state index in [1.165, 1.54) is 5.39 Å². The number of rotatable bonds is 2. The molecule has 0 saturated carbocycles. The van der Waals surface area contributed by atoms with E-state index in [0.29, 0.717) is 6.10 Å². The monoisotopic (exact) mass is 202 g/mol. The van der Waals surface area contributed by atoms with Crippen LogP contribution < -0.4 is 10.2 Å². The second kappa shape index (κ2) is 3.59. The van der Waals surface area contributed by atoms with Crippen LogP contribution in [0, 0.1) is 0 Å². The van der Waals surface area contributed by atoms with Crippen molar-refractivity contribution in [2.24, 2.45) is 0 Å². The Morgan fingerprint density at radius 3 is 3.07 bits per heavy atom. The number of aromatic nitrogens is 1. The minimum absolute atomic E-state index is 0.306. The molecule has 1 atom stereocenters. The van der Waals surface area contributed by atoms with Crippen LogP contribution in [0.15, 0.2) is 36.5 Å². The smallest absolute Gasteiger partial charge is 0.139 e. The van der Waals surface area contributed by atoms with Gasteiger partial charge in [-0.05, 0) is 18.7 Å². The molecule has 0 spiro atoms. The fraction of sp³-hybridized carbons (Fsp3) is 0.333. The molecular weight excluding hydrogens is 188 g/mol. The Kier molecular flexibility index (Phi) is 2.10. The van der Waals surface area contributed by atoms with Gasteiger partial charge in [-0.3, -0.25) is 0 Å². The zero-order chi connectivity index (χ0) is 10.1. The number of nitrogens with one attached hydrogen (secondary N) is 1. The molecule has 78 valence electrons. The van der Waals surface area contributed by atoms with Crippen LogP contribution in [-0.2, 0) is 0 Å². The molecule has 2 aromatic rings. The maximum atomic E-state index is 5.88. The Bertz CT molecular complexity index is 457. The van der Waals surface area contributed by atoms with Crippen LogP contribution in [0.1, 0.15) is 6.42 Å². The number of para-hydroxylation sites is 1. The molecule has 0 amide bonds. The van der Waals surface area contributed by atoms with Gasteiger partial charge in [-0.15, -0.1) is 0 Å². The summed E-state index contributed by atoms with van der Waals surface area (Å²) in [6, 6.07) is 10.3. The lowest BCUT2D eigenvalue weighted by atomic mass is 10.3. The third kappa shape index (κ3) is 1.59. The second-order valence-corrected chi connectivity index (χ2v) is 3.92. The van der Waals surface area contributed by atoms with Crippen molar-refractivity contribution in [3.05, 3.63) is 36.5 Å². The number of nitrogens with zero attached hydrogens (tertiary/aromatic N) is 1. The maximum absolute atomic E-state index is 5.88. The van der Waals surface area contributed by atoms with Crippen molar-refractivity contribution in [2.45, 2.75) is 12.5 Å². The molecule has 3 nitrogen and oxygen atoms in total. The Labute approximate surface area is 88.6 Å². The van der Waals surface area contributed by atoms with Crippen molar-refractivity contribution in [2.75, 3.05) is 13.1 Å². The van der Waals surface area contributed by atoms with E-state index >= 15 is 0 Å². The lowest BCUT2D eigenvalue weighted by Gasteiger charge is -2.13. The van der Waals surface area contributed by atoms with Crippen LogP contribution in [-0.4, -0.2) is 23.9 Å². The second-order valence-electron chi connectivity index (χ2n) is 3.92. The van der Waals surface area contributed by atoms with Crippen LogP contribution >= 0.6 is 0 Å². The molecular formula is C12H14N2O. The molecule has 1 aromatic heterocycles. The van der Waals surface area contributed by atoms with Crippen LogP contribution in [0.5, 0.6) is 0 Å². The highest BCUT2D eigenvalue weighted by Gasteiger charge is 2.16. The van der Waals surface area contributed by atoms with Crippen molar-refractivity contribution < 1.29 is 4.84 Å². The summed E-state index contributed by atoms with van der Waals surface area (Å²) in [6.07, 6.45) is 3.39. The van der Waals surface area contributed by atoms with Crippen molar-refractivity contribution in [1.29, 1.82) is 0 Å². The summed E-state index contributed by atoms with van der Waals surface area (Å²) < 4.78 is 1.88. The predicted octanol–water partition coefficient (Wildman–Crippen LogP) is 1.43. The fourth-order valence-electron chi connectivity index (χ4n) is 2.03. The third-order valence-corrected chi connectivity index (χ3v) is 2.84. The van der Waals surface area contributed by atoms with E-state index in [4.69, 9.17) is 4.84 Å². The van der Waals surface area contributed by atoms with Crippen LogP contribution in [0.4, 0.5) is 0 Å². The minimum Gasteiger partial charge on any atom is -0.409 e. The van der Waals surface area contributed by atoms with Gasteiger partial charge in [-0.1, -0.05) is 18.2 Å². The van der Waals surface area contributed by atoms with Gasteiger partial charge >= 0.3 is 0 Å². The lowest BCUT2D eigenvalue weighted by molar-refractivity contribution is 0.0577. The van der Waals surface area contributed by atoms with Crippen molar-refractivity contribution in [3.63, 3.8) is 0 Å². The fourth-order valence-corrected chi connectivity index (χ4v) is 2.03. The summed E-state index contributed by atoms with van der Waals surface area (Å²) in [5, 5.41) is 4.52. The maximum Gasteiger partial charge on any atom is 0.139 e. The number of benzene rings is 1. The van der Waals surface area contributed by atoms with E-state index in [0.717, 1.165) is 25.0 Å². The highest BCUT2D eigenvalue weighted by atomic mass is 16.7. The first-order chi connectivity index (χ1) is 7.43. The predicted molar refractivity (Wildman–Crippen MR) is 59.8 cm³/mol. The van der Waals surface area contributed by atoms with Gasteiger partial charge in [0.1, 0.15) is 6.10 Å². The standard InChI is InChI=1S/C12H14N2O/c1-2-4-12-10(3-1)6-8-14(12)15-11-5-7-13-9-11/h1-4,6,8,11,13H,5,7,9H2. The Balaban J connectivity index is 1.90. The number of fused-ring (bicyclic) bond motifs is 1. The van der Waals surface area contributed by atoms with Gasteiger partial charge in [-0.25, -0.2) is 0 Å². The van der Waals surface area contributed by atoms with E-state index < -0.39 is 0 Å². The Morgan fingerprint density at radius 2 is 2.20 bits per heavy atom. The largest absolute Gasteiger partial charge is 0.409 e. The first kappa shape index (κ1) is 8.80. The molecule has 2 heterocycles. The zero-order valence-corrected chi connectivity index (χ0v) is 8.52. The molecule has 15 heavy (non-hydrogen) atoms. The molecule has 0 bridgehead atoms. The Hall–Kier alpha value is -1.48. The summed E-state index contributed by atoms with van der Waals surface area (Å²) in [5.41, 5.74) is 1.14. The molecule has 0 radical (unpaired) electrons. The average molecular weight is 202 g/mol. The van der Waals surface area contributed by atoms with E-state index in [1.54, 1.807) is 0 Å². The SMILES string of the molecule is c1ccc2c(c1)ccn2OC1CCNC1. The molecule has 3 heteroatoms. The van der Waals surface area contributed by atoms with E-state index in [1.807, 2.05) is 23.1 Å². The first-order valence-electron chi connectivity index (χ1n) is 5.37. The van der Waals surface area contributed by atoms with Gasteiger partial charge in [-0.2, -0.15) is 4.73 Å². The van der Waals surface area contributed by atoms with Crippen LogP contribution in [0.2, 0.25) is 0 Å². The van der Waals surface area contributed by atoms with Gasteiger partial charge in [0.15, 0.2) is 0 Å². The summed E-state index contributed by atoms with van der Waals surface area (Å²) >= 11 is 0. The Morgan fingerprint density at radius 1 is 1.27 bits per heavy atom. The molecule has 3 rings (SSSR count). The molecule has 0 aliphatic carbocycles. The van der Waals surface area contributed by atoms with Crippen molar-refractivity contribution in [1.82, 2.24) is 10.0 Å². The zero-order valence-electron chi connectivity index (χ0n) is 8.52. The highest BCUT2D eigenvalue weighted by Crippen LogP contribution is 2.14. The van der Waals surface area contributed by atoms with E-state index in [9.17, 15) is 0 Å². The normalized spacial score (nSPS) is 20.9. The van der Waals surface area contributed by atoms with Gasteiger partial charge in [0.25, 0.3) is 0 Å². The molecule has 1 unspecified atom stereocenters. The first-order valence-corrected chi connectivity index (χ1v) is 5.37. The topological polar surface area (TPSA) is 26.2 Å². The van der Waals surface area contributed by atoms with Gasteiger partial charge in [0.2, 0.25) is 0 Å². The minimum atomic E-state index is 0.306. The van der Waals surface area contributed by atoms with Gasteiger partial charge in [0, 0.05) is 24.5 Å². The van der Waals surface area contributed by atoms with Crippen molar-refractivity contribution in [3.8, 4) is 0 Å². The van der Waals surface area contributed by atoms with Gasteiger partial charge in [0.05, 0.1) is 5.52 Å². The molecule has 1 aliphatic rings. The molecule has 1 saturated heterocycles. The van der Waals surface area contributed by atoms with Crippen LogP contribution in [0.25, 0.3) is 10.9 Å². The summed E-state index contributed by atoms with van der Waals surface area (Å²) in [6.45, 7) is 2.01. The molecule has 1 fully saturated rings. The van der Waals surface area contributed by atoms with Crippen LogP contribution in [0.3, 0.4) is 0 Å². The molecule has 1 aliphatic heterocycles. The highest BCUT2D eigenvalue weighted by molar-refractivity contribution is 5.79. The summed E-state index contributed by atoms with van der Waals surface area (Å²) in [4.78, 5) is 5.88. The average Bonchev–Trinajstić information content (AvgIpc) is 2.89. The third-order valence-electron chi connectivity index (χ3n) is 2.84. The van der Waals surface area contributed by atoms with E-state index in [-0.39, 0.29) is 0 Å². The molecule has 1 N–H and O–H groups in total. The summed E-state index contributed by atoms with van der Waals surface area (Å²) in [5.74, 6) is 0. The number of hydrogen-bond acceptors (Lipinski definition) is 2. The van der Waals surface area contributed by atoms with Crippen molar-refractivity contribution >= 4 is 10.9 Å². The quantitative estimate of drug-likeness (QED) is 0.797.